The van der Waals surface area contributed by atoms with Crippen molar-refractivity contribution >= 4 is 34.0 Å². The van der Waals surface area contributed by atoms with Gasteiger partial charge in [-0.05, 0) is 17.5 Å². The van der Waals surface area contributed by atoms with Crippen LogP contribution in [0, 0.1) is 0 Å². The molecule has 7 nitrogen and oxygen atoms in total. The van der Waals surface area contributed by atoms with E-state index in [-0.39, 0.29) is 0 Å². The number of morpholine rings is 1. The molecule has 4 heterocycles. The monoisotopic (exact) mass is 425 g/mol. The molecule has 0 atom stereocenters. The lowest BCUT2D eigenvalue weighted by molar-refractivity contribution is 0.0330. The van der Waals surface area contributed by atoms with E-state index in [1.807, 2.05) is 35.0 Å². The number of thioether (sulfide) groups is 1. The predicted octanol–water partition coefficient (Wildman–Crippen LogP) is 3.87. The van der Waals surface area contributed by atoms with Gasteiger partial charge in [-0.25, -0.2) is 9.97 Å². The molecule has 1 saturated heterocycles. The molecule has 0 radical (unpaired) electrons. The third kappa shape index (κ3) is 4.32. The van der Waals surface area contributed by atoms with Crippen LogP contribution >= 0.6 is 23.1 Å². The molecule has 9 heteroatoms. The van der Waals surface area contributed by atoms with E-state index in [9.17, 15) is 0 Å². The largest absolute Gasteiger partial charge is 0.379 e. The summed E-state index contributed by atoms with van der Waals surface area (Å²) in [6, 6.07) is 10.1. The summed E-state index contributed by atoms with van der Waals surface area (Å²) in [6.45, 7) is 4.07. The Kier molecular flexibility index (Phi) is 5.53. The molecule has 0 spiro atoms. The molecular formula is C20H19N5O2S2. The molecule has 0 aliphatic carbocycles. The molecule has 29 heavy (non-hydrogen) atoms. The van der Waals surface area contributed by atoms with Crippen molar-refractivity contribution < 1.29 is 9.26 Å². The normalized spacial score (nSPS) is 15.2. The van der Waals surface area contributed by atoms with Gasteiger partial charge in [-0.3, -0.25) is 4.90 Å². The standard InChI is InChI=1S/C20H19N5O2S2/c1-2-4-16-15(3-1)20(22-17(21-16)11-25-6-8-26-9-7-25)29-13-18-23-19(24-27-18)14-5-10-28-12-14/h1-5,10,12H,6-9,11,13H2. The first-order valence-electron chi connectivity index (χ1n) is 9.39. The van der Waals surface area contributed by atoms with Gasteiger partial charge in [0.15, 0.2) is 0 Å². The summed E-state index contributed by atoms with van der Waals surface area (Å²) in [5, 5.41) is 10.1. The Hall–Kier alpha value is -2.33. The van der Waals surface area contributed by atoms with Crippen LogP contribution in [-0.2, 0) is 17.0 Å². The molecule has 0 saturated carbocycles. The van der Waals surface area contributed by atoms with E-state index in [4.69, 9.17) is 19.2 Å². The summed E-state index contributed by atoms with van der Waals surface area (Å²) in [7, 11) is 0. The van der Waals surface area contributed by atoms with Crippen molar-refractivity contribution in [2.24, 2.45) is 0 Å². The number of nitrogens with zero attached hydrogens (tertiary/aromatic N) is 5. The van der Waals surface area contributed by atoms with Gasteiger partial charge in [0.05, 0.1) is 31.0 Å². The fraction of sp³-hybridized carbons (Fsp3) is 0.300. The van der Waals surface area contributed by atoms with Crippen LogP contribution in [-0.4, -0.2) is 51.3 Å². The number of thiophene rings is 1. The highest BCUT2D eigenvalue weighted by Gasteiger charge is 2.16. The average Bonchev–Trinajstić information content (AvgIpc) is 3.45. The molecule has 148 valence electrons. The average molecular weight is 426 g/mol. The van der Waals surface area contributed by atoms with Gasteiger partial charge in [0.25, 0.3) is 0 Å². The predicted molar refractivity (Wildman–Crippen MR) is 113 cm³/mol. The van der Waals surface area contributed by atoms with Crippen molar-refractivity contribution in [3.05, 3.63) is 52.8 Å². The maximum absolute atomic E-state index is 5.44. The summed E-state index contributed by atoms with van der Waals surface area (Å²) in [4.78, 5) is 16.4. The fourth-order valence-electron chi connectivity index (χ4n) is 3.19. The van der Waals surface area contributed by atoms with Crippen LogP contribution in [0.15, 0.2) is 50.6 Å². The van der Waals surface area contributed by atoms with Crippen LogP contribution in [0.3, 0.4) is 0 Å². The summed E-state index contributed by atoms with van der Waals surface area (Å²) in [5.74, 6) is 2.61. The number of para-hydroxylation sites is 1. The lowest BCUT2D eigenvalue weighted by Gasteiger charge is -2.25. The molecule has 1 fully saturated rings. The van der Waals surface area contributed by atoms with Gasteiger partial charge in [-0.15, -0.1) is 0 Å². The Morgan fingerprint density at radius 1 is 1.07 bits per heavy atom. The molecule has 1 aromatic carbocycles. The molecule has 0 bridgehead atoms. The summed E-state index contributed by atoms with van der Waals surface area (Å²) >= 11 is 3.22. The van der Waals surface area contributed by atoms with E-state index < -0.39 is 0 Å². The fourth-order valence-corrected chi connectivity index (χ4v) is 4.70. The molecule has 0 amide bonds. The van der Waals surface area contributed by atoms with Crippen molar-refractivity contribution in [2.75, 3.05) is 26.3 Å². The minimum Gasteiger partial charge on any atom is -0.379 e. The molecule has 1 aliphatic rings. The second-order valence-corrected chi connectivity index (χ2v) is 8.41. The molecule has 4 aromatic rings. The maximum atomic E-state index is 5.44. The van der Waals surface area contributed by atoms with Crippen LogP contribution in [0.4, 0.5) is 0 Å². The SMILES string of the molecule is c1ccc2c(SCc3nc(-c4ccsc4)no3)nc(CN3CCOCC3)nc2c1. The zero-order valence-corrected chi connectivity index (χ0v) is 17.3. The van der Waals surface area contributed by atoms with Gasteiger partial charge in [0.1, 0.15) is 10.9 Å². The van der Waals surface area contributed by atoms with Gasteiger partial charge in [0.2, 0.25) is 11.7 Å². The van der Waals surface area contributed by atoms with Crippen LogP contribution in [0.5, 0.6) is 0 Å². The quantitative estimate of drug-likeness (QED) is 0.340. The Labute approximate surface area is 176 Å². The summed E-state index contributed by atoms with van der Waals surface area (Å²) < 4.78 is 10.9. The minimum atomic E-state index is 0.565. The van der Waals surface area contributed by atoms with Crippen molar-refractivity contribution in [3.63, 3.8) is 0 Å². The summed E-state index contributed by atoms with van der Waals surface area (Å²) in [6.07, 6.45) is 0. The first-order chi connectivity index (χ1) is 14.3. The lowest BCUT2D eigenvalue weighted by Crippen LogP contribution is -2.36. The highest BCUT2D eigenvalue weighted by molar-refractivity contribution is 7.98. The van der Waals surface area contributed by atoms with Crippen molar-refractivity contribution in [1.82, 2.24) is 25.0 Å². The Bertz CT molecular complexity index is 1090. The van der Waals surface area contributed by atoms with Crippen LogP contribution in [0.1, 0.15) is 11.7 Å². The molecule has 0 unspecified atom stereocenters. The number of fused-ring (bicyclic) bond motifs is 1. The number of hydrogen-bond acceptors (Lipinski definition) is 9. The first-order valence-corrected chi connectivity index (χ1v) is 11.3. The highest BCUT2D eigenvalue weighted by atomic mass is 32.2. The van der Waals surface area contributed by atoms with Gasteiger partial charge in [0, 0.05) is 29.4 Å². The zero-order valence-electron chi connectivity index (χ0n) is 15.7. The van der Waals surface area contributed by atoms with Gasteiger partial charge >= 0.3 is 0 Å². The smallest absolute Gasteiger partial charge is 0.237 e. The van der Waals surface area contributed by atoms with Crippen LogP contribution < -0.4 is 0 Å². The first kappa shape index (κ1) is 18.7. The zero-order chi connectivity index (χ0) is 19.5. The number of benzene rings is 1. The van der Waals surface area contributed by atoms with Crippen molar-refractivity contribution in [2.45, 2.75) is 17.3 Å². The number of hydrogen-bond donors (Lipinski definition) is 0. The number of ether oxygens (including phenoxy) is 1. The molecular weight excluding hydrogens is 406 g/mol. The second kappa shape index (κ2) is 8.58. The van der Waals surface area contributed by atoms with Crippen molar-refractivity contribution in [3.8, 4) is 11.4 Å². The van der Waals surface area contributed by atoms with E-state index in [1.54, 1.807) is 23.1 Å². The number of rotatable bonds is 6. The molecule has 0 N–H and O–H groups in total. The van der Waals surface area contributed by atoms with Crippen molar-refractivity contribution in [1.29, 1.82) is 0 Å². The molecule has 1 aliphatic heterocycles. The van der Waals surface area contributed by atoms with Crippen LogP contribution in [0.25, 0.3) is 22.3 Å². The van der Waals surface area contributed by atoms with Crippen LogP contribution in [0.2, 0.25) is 0 Å². The minimum absolute atomic E-state index is 0.565. The van der Waals surface area contributed by atoms with Gasteiger partial charge in [-0.1, -0.05) is 35.1 Å². The Morgan fingerprint density at radius 2 is 1.97 bits per heavy atom. The van der Waals surface area contributed by atoms with E-state index in [1.165, 1.54) is 0 Å². The Balaban J connectivity index is 1.36. The molecule has 5 rings (SSSR count). The molecule has 3 aromatic heterocycles. The van der Waals surface area contributed by atoms with E-state index in [2.05, 4.69) is 21.1 Å². The highest BCUT2D eigenvalue weighted by Crippen LogP contribution is 2.29. The van der Waals surface area contributed by atoms with Gasteiger partial charge < -0.3 is 9.26 Å². The van der Waals surface area contributed by atoms with E-state index in [0.29, 0.717) is 17.5 Å². The third-order valence-corrected chi connectivity index (χ3v) is 6.32. The van der Waals surface area contributed by atoms with Gasteiger partial charge in [-0.2, -0.15) is 16.3 Å². The lowest BCUT2D eigenvalue weighted by atomic mass is 10.2. The second-order valence-electron chi connectivity index (χ2n) is 6.66. The van der Waals surface area contributed by atoms with E-state index in [0.717, 1.165) is 60.2 Å². The number of aromatic nitrogens is 4. The summed E-state index contributed by atoms with van der Waals surface area (Å²) in [5.41, 5.74) is 1.94. The maximum Gasteiger partial charge on any atom is 0.237 e. The third-order valence-electron chi connectivity index (χ3n) is 4.66. The topological polar surface area (TPSA) is 77.2 Å². The van der Waals surface area contributed by atoms with E-state index >= 15 is 0 Å². The Morgan fingerprint density at radius 3 is 2.83 bits per heavy atom.